The number of hydrogen-bond donors (Lipinski definition) is 2. The van der Waals surface area contributed by atoms with Crippen LogP contribution in [0.1, 0.15) is 23.6 Å². The van der Waals surface area contributed by atoms with Crippen LogP contribution < -0.4 is 24.8 Å². The predicted octanol–water partition coefficient (Wildman–Crippen LogP) is 3.78. The molecule has 2 amide bonds. The van der Waals surface area contributed by atoms with Crippen molar-refractivity contribution in [3.05, 3.63) is 34.5 Å². The molecular weight excluding hydrogens is 390 g/mol. The second kappa shape index (κ2) is 10.4. The van der Waals surface area contributed by atoms with Gasteiger partial charge in [-0.05, 0) is 43.3 Å². The lowest BCUT2D eigenvalue weighted by atomic mass is 9.95. The van der Waals surface area contributed by atoms with E-state index in [1.807, 2.05) is 11.3 Å². The van der Waals surface area contributed by atoms with Crippen molar-refractivity contribution in [2.24, 2.45) is 0 Å². The van der Waals surface area contributed by atoms with Gasteiger partial charge in [-0.25, -0.2) is 4.79 Å². The van der Waals surface area contributed by atoms with Crippen molar-refractivity contribution in [2.75, 3.05) is 52.8 Å². The third kappa shape index (κ3) is 5.55. The molecule has 1 saturated heterocycles. The van der Waals surface area contributed by atoms with Crippen molar-refractivity contribution in [1.82, 2.24) is 10.2 Å². The topological polar surface area (TPSA) is 72.1 Å². The van der Waals surface area contributed by atoms with E-state index in [-0.39, 0.29) is 6.03 Å². The summed E-state index contributed by atoms with van der Waals surface area (Å²) in [4.78, 5) is 16.2. The Labute approximate surface area is 175 Å². The third-order valence-corrected chi connectivity index (χ3v) is 6.20. The molecule has 0 spiro atoms. The maximum atomic E-state index is 12.3. The smallest absolute Gasteiger partial charge is 0.319 e. The lowest BCUT2D eigenvalue weighted by Gasteiger charge is -2.31. The molecule has 29 heavy (non-hydrogen) atoms. The first-order valence-corrected chi connectivity index (χ1v) is 10.6. The monoisotopic (exact) mass is 419 g/mol. The minimum atomic E-state index is -0.257. The highest BCUT2D eigenvalue weighted by Gasteiger charge is 2.21. The van der Waals surface area contributed by atoms with Crippen LogP contribution in [0.15, 0.2) is 29.6 Å². The molecule has 0 bridgehead atoms. The van der Waals surface area contributed by atoms with Crippen molar-refractivity contribution in [1.29, 1.82) is 0 Å². The van der Waals surface area contributed by atoms with Crippen molar-refractivity contribution < 1.29 is 19.0 Å². The van der Waals surface area contributed by atoms with Crippen LogP contribution in [0.2, 0.25) is 0 Å². The van der Waals surface area contributed by atoms with Gasteiger partial charge in [0, 0.05) is 30.1 Å². The standard InChI is InChI=1S/C21H29N3O4S/c1-26-17-13-16(14-18(27-2)20(17)28-3)23-21(25)22-8-11-24-9-6-15(7-10-24)19-5-4-12-29-19/h4-5,12-15H,6-11H2,1-3H3,(H2,22,23,25). The summed E-state index contributed by atoms with van der Waals surface area (Å²) >= 11 is 1.85. The largest absolute Gasteiger partial charge is 0.493 e. The molecule has 1 fully saturated rings. The fourth-order valence-corrected chi connectivity index (χ4v) is 4.52. The highest BCUT2D eigenvalue weighted by atomic mass is 32.1. The van der Waals surface area contributed by atoms with Gasteiger partial charge >= 0.3 is 6.03 Å². The van der Waals surface area contributed by atoms with Crippen LogP contribution in [0.4, 0.5) is 10.5 Å². The van der Waals surface area contributed by atoms with Gasteiger partial charge in [0.2, 0.25) is 5.75 Å². The number of anilines is 1. The maximum absolute atomic E-state index is 12.3. The van der Waals surface area contributed by atoms with Gasteiger partial charge in [0.25, 0.3) is 0 Å². The summed E-state index contributed by atoms with van der Waals surface area (Å²) in [6, 6.07) is 7.52. The van der Waals surface area contributed by atoms with Gasteiger partial charge in [-0.1, -0.05) is 6.07 Å². The van der Waals surface area contributed by atoms with Crippen molar-refractivity contribution in [3.8, 4) is 17.2 Å². The number of methoxy groups -OCH3 is 3. The summed E-state index contributed by atoms with van der Waals surface area (Å²) in [6.07, 6.45) is 2.36. The second-order valence-electron chi connectivity index (χ2n) is 6.93. The Kier molecular flexibility index (Phi) is 7.60. The first-order valence-electron chi connectivity index (χ1n) is 9.75. The molecule has 2 N–H and O–H groups in total. The van der Waals surface area contributed by atoms with Gasteiger partial charge in [-0.15, -0.1) is 11.3 Å². The molecule has 3 rings (SSSR count). The quantitative estimate of drug-likeness (QED) is 0.681. The number of nitrogens with one attached hydrogen (secondary N) is 2. The molecule has 0 aliphatic carbocycles. The number of likely N-dealkylation sites (tertiary alicyclic amines) is 1. The molecule has 0 saturated carbocycles. The number of carbonyl (C=O) groups is 1. The van der Waals surface area contributed by atoms with Crippen LogP contribution in [-0.4, -0.2) is 58.4 Å². The molecule has 1 aliphatic rings. The Balaban J connectivity index is 1.43. The number of urea groups is 1. The van der Waals surface area contributed by atoms with Crippen molar-refractivity contribution in [3.63, 3.8) is 0 Å². The Hall–Kier alpha value is -2.45. The normalized spacial score (nSPS) is 15.0. The van der Waals surface area contributed by atoms with Crippen LogP contribution in [0, 0.1) is 0 Å². The van der Waals surface area contributed by atoms with Gasteiger partial charge < -0.3 is 29.7 Å². The average molecular weight is 420 g/mol. The van der Waals surface area contributed by atoms with Crippen molar-refractivity contribution >= 4 is 23.1 Å². The SMILES string of the molecule is COc1cc(NC(=O)NCCN2CCC(c3cccs3)CC2)cc(OC)c1OC. The number of amides is 2. The van der Waals surface area contributed by atoms with Gasteiger partial charge in [-0.3, -0.25) is 0 Å². The van der Waals surface area contributed by atoms with Gasteiger partial charge in [-0.2, -0.15) is 0 Å². The van der Waals surface area contributed by atoms with Gasteiger partial charge in [0.15, 0.2) is 11.5 Å². The van der Waals surface area contributed by atoms with Crippen LogP contribution in [-0.2, 0) is 0 Å². The summed E-state index contributed by atoms with van der Waals surface area (Å²) in [6.45, 7) is 3.58. The molecular formula is C21H29N3O4S. The predicted molar refractivity (Wildman–Crippen MR) is 116 cm³/mol. The van der Waals surface area contributed by atoms with Gasteiger partial charge in [0.05, 0.1) is 27.0 Å². The lowest BCUT2D eigenvalue weighted by molar-refractivity contribution is 0.212. The van der Waals surface area contributed by atoms with E-state index in [9.17, 15) is 4.79 Å². The van der Waals surface area contributed by atoms with E-state index in [2.05, 4.69) is 33.0 Å². The number of carbonyl (C=O) groups excluding carboxylic acids is 1. The van der Waals surface area contributed by atoms with E-state index in [0.717, 1.165) is 19.6 Å². The average Bonchev–Trinajstić information content (AvgIpc) is 3.28. The summed E-state index contributed by atoms with van der Waals surface area (Å²) < 4.78 is 15.9. The third-order valence-electron chi connectivity index (χ3n) is 5.17. The van der Waals surface area contributed by atoms with E-state index in [4.69, 9.17) is 14.2 Å². The summed E-state index contributed by atoms with van der Waals surface area (Å²) in [5.41, 5.74) is 0.578. The molecule has 1 aromatic carbocycles. The Bertz CT molecular complexity index is 764. The molecule has 1 aliphatic heterocycles. The number of benzene rings is 1. The first-order chi connectivity index (χ1) is 14.1. The van der Waals surface area contributed by atoms with E-state index in [1.165, 1.54) is 17.7 Å². The molecule has 2 aromatic rings. The number of ether oxygens (including phenoxy) is 3. The van der Waals surface area contributed by atoms with E-state index >= 15 is 0 Å². The van der Waals surface area contributed by atoms with E-state index in [1.54, 1.807) is 33.5 Å². The highest BCUT2D eigenvalue weighted by molar-refractivity contribution is 7.10. The number of piperidine rings is 1. The van der Waals surface area contributed by atoms with Crippen LogP contribution in [0.3, 0.4) is 0 Å². The summed E-state index contributed by atoms with van der Waals surface area (Å²) in [5.74, 6) is 2.17. The van der Waals surface area contributed by atoms with Gasteiger partial charge in [0.1, 0.15) is 0 Å². The number of nitrogens with zero attached hydrogens (tertiary/aromatic N) is 1. The molecule has 158 valence electrons. The zero-order chi connectivity index (χ0) is 20.6. The van der Waals surface area contributed by atoms with Crippen LogP contribution in [0.5, 0.6) is 17.2 Å². The fraction of sp³-hybridized carbons (Fsp3) is 0.476. The molecule has 0 radical (unpaired) electrons. The number of rotatable bonds is 8. The van der Waals surface area contributed by atoms with Crippen LogP contribution in [0.25, 0.3) is 0 Å². The van der Waals surface area contributed by atoms with Crippen LogP contribution >= 0.6 is 11.3 Å². The zero-order valence-electron chi connectivity index (χ0n) is 17.2. The Morgan fingerprint density at radius 1 is 1.14 bits per heavy atom. The number of thiophene rings is 1. The Morgan fingerprint density at radius 3 is 2.38 bits per heavy atom. The number of hydrogen-bond acceptors (Lipinski definition) is 6. The lowest BCUT2D eigenvalue weighted by Crippen LogP contribution is -2.40. The second-order valence-corrected chi connectivity index (χ2v) is 7.91. The minimum Gasteiger partial charge on any atom is -0.493 e. The molecule has 0 atom stereocenters. The zero-order valence-corrected chi connectivity index (χ0v) is 18.0. The molecule has 7 nitrogen and oxygen atoms in total. The maximum Gasteiger partial charge on any atom is 0.319 e. The molecule has 2 heterocycles. The molecule has 1 aromatic heterocycles. The summed E-state index contributed by atoms with van der Waals surface area (Å²) in [7, 11) is 4.63. The highest BCUT2D eigenvalue weighted by Crippen LogP contribution is 2.39. The van der Waals surface area contributed by atoms with Crippen molar-refractivity contribution in [2.45, 2.75) is 18.8 Å². The van der Waals surface area contributed by atoms with E-state index in [0.29, 0.717) is 35.4 Å². The summed E-state index contributed by atoms with van der Waals surface area (Å²) in [5, 5.41) is 7.89. The minimum absolute atomic E-state index is 0.257. The molecule has 8 heteroatoms. The fourth-order valence-electron chi connectivity index (χ4n) is 3.62. The van der Waals surface area contributed by atoms with E-state index < -0.39 is 0 Å². The first kappa shape index (κ1) is 21.3. The Morgan fingerprint density at radius 2 is 1.83 bits per heavy atom. The molecule has 0 unspecified atom stereocenters.